The zero-order valence-electron chi connectivity index (χ0n) is 16.6. The molecule has 154 valence electrons. The van der Waals surface area contributed by atoms with Gasteiger partial charge in [-0.25, -0.2) is 4.79 Å². The monoisotopic (exact) mass is 400 g/mol. The average molecular weight is 400 g/mol. The number of hydrogen-bond donors (Lipinski definition) is 0. The van der Waals surface area contributed by atoms with Gasteiger partial charge in [-0.3, -0.25) is 9.69 Å². The highest BCUT2D eigenvalue weighted by atomic mass is 16.6. The van der Waals surface area contributed by atoms with Gasteiger partial charge >= 0.3 is 6.09 Å². The standard InChI is InChI=1S/C20H24N4O5/c1-3-20-12-23(10-11-24(20)19(26)28-13-20)17(25)9-8-16-21-18(22-29-16)14-6-4-5-7-15(14)27-2/h4-7H,3,8-13H2,1-2H3. The molecule has 2 aliphatic heterocycles. The van der Waals surface area contributed by atoms with Crippen LogP contribution in [0.5, 0.6) is 5.75 Å². The number of piperazine rings is 1. The number of benzene rings is 1. The predicted octanol–water partition coefficient (Wildman–Crippen LogP) is 2.12. The molecule has 2 aliphatic rings. The van der Waals surface area contributed by atoms with Crippen molar-refractivity contribution in [2.75, 3.05) is 33.4 Å². The van der Waals surface area contributed by atoms with Crippen molar-refractivity contribution >= 4 is 12.0 Å². The van der Waals surface area contributed by atoms with E-state index in [0.29, 0.717) is 50.1 Å². The Bertz CT molecular complexity index is 914. The summed E-state index contributed by atoms with van der Waals surface area (Å²) in [4.78, 5) is 32.6. The molecule has 0 bridgehead atoms. The number of aromatic nitrogens is 2. The van der Waals surface area contributed by atoms with E-state index in [4.69, 9.17) is 14.0 Å². The van der Waals surface area contributed by atoms with Crippen LogP contribution in [0.15, 0.2) is 28.8 Å². The maximum absolute atomic E-state index is 12.7. The van der Waals surface area contributed by atoms with Gasteiger partial charge in [0.25, 0.3) is 0 Å². The number of rotatable bonds is 6. The lowest BCUT2D eigenvalue weighted by Crippen LogP contribution is -2.62. The van der Waals surface area contributed by atoms with Crippen molar-refractivity contribution in [2.24, 2.45) is 0 Å². The van der Waals surface area contributed by atoms with Crippen LogP contribution in [0.3, 0.4) is 0 Å². The highest BCUT2D eigenvalue weighted by Crippen LogP contribution is 2.32. The van der Waals surface area contributed by atoms with Crippen molar-refractivity contribution in [2.45, 2.75) is 31.7 Å². The first-order valence-corrected chi connectivity index (χ1v) is 9.74. The third kappa shape index (κ3) is 3.52. The van der Waals surface area contributed by atoms with Gasteiger partial charge in [-0.15, -0.1) is 0 Å². The van der Waals surface area contributed by atoms with Gasteiger partial charge in [0.2, 0.25) is 17.6 Å². The summed E-state index contributed by atoms with van der Waals surface area (Å²) in [5, 5.41) is 4.01. The predicted molar refractivity (Wildman–Crippen MR) is 102 cm³/mol. The van der Waals surface area contributed by atoms with E-state index in [1.54, 1.807) is 16.9 Å². The number of fused-ring (bicyclic) bond motifs is 1. The molecule has 9 nitrogen and oxygen atoms in total. The lowest BCUT2D eigenvalue weighted by molar-refractivity contribution is -0.135. The van der Waals surface area contributed by atoms with E-state index < -0.39 is 5.54 Å². The normalized spacial score (nSPS) is 21.1. The molecule has 0 radical (unpaired) electrons. The first kappa shape index (κ1) is 19.2. The van der Waals surface area contributed by atoms with E-state index in [1.807, 2.05) is 31.2 Å². The molecule has 2 saturated heterocycles. The Morgan fingerprint density at radius 2 is 2.14 bits per heavy atom. The van der Waals surface area contributed by atoms with Gasteiger partial charge in [-0.1, -0.05) is 24.2 Å². The number of amides is 2. The van der Waals surface area contributed by atoms with Crippen LogP contribution in [0.25, 0.3) is 11.4 Å². The van der Waals surface area contributed by atoms with Gasteiger partial charge in [0.05, 0.1) is 18.2 Å². The molecule has 2 fully saturated rings. The Morgan fingerprint density at radius 3 is 2.93 bits per heavy atom. The molecule has 9 heteroatoms. The quantitative estimate of drug-likeness (QED) is 0.732. The molecule has 0 N–H and O–H groups in total. The molecule has 1 unspecified atom stereocenters. The molecule has 1 aromatic carbocycles. The third-order valence-corrected chi connectivity index (χ3v) is 5.72. The maximum atomic E-state index is 12.7. The summed E-state index contributed by atoms with van der Waals surface area (Å²) < 4.78 is 15.9. The van der Waals surface area contributed by atoms with Crippen LogP contribution in [-0.2, 0) is 16.0 Å². The summed E-state index contributed by atoms with van der Waals surface area (Å²) in [5.74, 6) is 1.51. The highest BCUT2D eigenvalue weighted by Gasteiger charge is 2.50. The molecule has 1 atom stereocenters. The fourth-order valence-corrected chi connectivity index (χ4v) is 3.94. The minimum atomic E-state index is -0.410. The van der Waals surface area contributed by atoms with Crippen LogP contribution in [0.2, 0.25) is 0 Å². The summed E-state index contributed by atoms with van der Waals surface area (Å²) in [6.45, 7) is 3.84. The van der Waals surface area contributed by atoms with Gasteiger partial charge in [0, 0.05) is 32.5 Å². The second kappa shape index (κ2) is 7.73. The topological polar surface area (TPSA) is 98.0 Å². The van der Waals surface area contributed by atoms with Crippen molar-refractivity contribution in [1.29, 1.82) is 0 Å². The molecule has 2 aromatic rings. The number of cyclic esters (lactones) is 1. The highest BCUT2D eigenvalue weighted by molar-refractivity contribution is 5.78. The van der Waals surface area contributed by atoms with Gasteiger partial charge in [-0.2, -0.15) is 4.98 Å². The second-order valence-electron chi connectivity index (χ2n) is 7.31. The molecular weight excluding hydrogens is 376 g/mol. The second-order valence-corrected chi connectivity index (χ2v) is 7.31. The van der Waals surface area contributed by atoms with Crippen LogP contribution in [0.4, 0.5) is 4.79 Å². The van der Waals surface area contributed by atoms with Crippen molar-refractivity contribution in [3.63, 3.8) is 0 Å². The van der Waals surface area contributed by atoms with Crippen LogP contribution in [0, 0.1) is 0 Å². The summed E-state index contributed by atoms with van der Waals surface area (Å²) in [7, 11) is 1.59. The minimum Gasteiger partial charge on any atom is -0.496 e. The smallest absolute Gasteiger partial charge is 0.410 e. The lowest BCUT2D eigenvalue weighted by atomic mass is 9.92. The molecular formula is C20H24N4O5. The molecule has 29 heavy (non-hydrogen) atoms. The Labute approximate surface area is 168 Å². The third-order valence-electron chi connectivity index (χ3n) is 5.72. The van der Waals surface area contributed by atoms with Crippen molar-refractivity contribution in [3.8, 4) is 17.1 Å². The fourth-order valence-electron chi connectivity index (χ4n) is 3.94. The maximum Gasteiger partial charge on any atom is 0.410 e. The SMILES string of the molecule is CCC12COC(=O)N1CCN(C(=O)CCc1nc(-c3ccccc3OC)no1)C2. The van der Waals surface area contributed by atoms with Gasteiger partial charge in [0.15, 0.2) is 0 Å². The summed E-state index contributed by atoms with van der Waals surface area (Å²) in [6.07, 6.45) is 1.08. The Morgan fingerprint density at radius 1 is 1.31 bits per heavy atom. The zero-order valence-corrected chi connectivity index (χ0v) is 16.6. The zero-order chi connectivity index (χ0) is 20.4. The number of ether oxygens (including phenoxy) is 2. The van der Waals surface area contributed by atoms with Crippen LogP contribution >= 0.6 is 0 Å². The molecule has 2 amide bonds. The number of methoxy groups -OCH3 is 1. The van der Waals surface area contributed by atoms with E-state index in [2.05, 4.69) is 10.1 Å². The number of aryl methyl sites for hydroxylation is 1. The molecule has 0 spiro atoms. The Kier molecular flexibility index (Phi) is 5.12. The molecule has 3 heterocycles. The van der Waals surface area contributed by atoms with Gasteiger partial charge in [0.1, 0.15) is 12.4 Å². The summed E-state index contributed by atoms with van der Waals surface area (Å²) in [5.41, 5.74) is 0.329. The van der Waals surface area contributed by atoms with Crippen molar-refractivity contribution in [3.05, 3.63) is 30.2 Å². The van der Waals surface area contributed by atoms with Gasteiger partial charge < -0.3 is 18.9 Å². The molecule has 0 aliphatic carbocycles. The summed E-state index contributed by atoms with van der Waals surface area (Å²) in [6, 6.07) is 7.43. The molecule has 0 saturated carbocycles. The fraction of sp³-hybridized carbons (Fsp3) is 0.500. The van der Waals surface area contributed by atoms with Crippen molar-refractivity contribution in [1.82, 2.24) is 19.9 Å². The van der Waals surface area contributed by atoms with E-state index >= 15 is 0 Å². The largest absolute Gasteiger partial charge is 0.496 e. The average Bonchev–Trinajstić information content (AvgIpc) is 3.37. The van der Waals surface area contributed by atoms with E-state index in [1.165, 1.54) is 0 Å². The number of hydrogen-bond acceptors (Lipinski definition) is 7. The molecule has 4 rings (SSSR count). The van der Waals surface area contributed by atoms with Crippen LogP contribution in [0.1, 0.15) is 25.7 Å². The number of para-hydroxylation sites is 1. The van der Waals surface area contributed by atoms with Gasteiger partial charge in [-0.05, 0) is 18.6 Å². The number of carbonyl (C=O) groups excluding carboxylic acids is 2. The molecule has 1 aromatic heterocycles. The van der Waals surface area contributed by atoms with Crippen LogP contribution < -0.4 is 4.74 Å². The van der Waals surface area contributed by atoms with Crippen molar-refractivity contribution < 1.29 is 23.6 Å². The van der Waals surface area contributed by atoms with Crippen LogP contribution in [-0.4, -0.2) is 70.8 Å². The lowest BCUT2D eigenvalue weighted by Gasteiger charge is -2.44. The number of carbonyl (C=O) groups is 2. The van der Waals surface area contributed by atoms with E-state index in [0.717, 1.165) is 12.0 Å². The van der Waals surface area contributed by atoms with E-state index in [-0.39, 0.29) is 18.4 Å². The Hall–Kier alpha value is -3.10. The first-order valence-electron chi connectivity index (χ1n) is 9.74. The summed E-state index contributed by atoms with van der Waals surface area (Å²) >= 11 is 0. The van der Waals surface area contributed by atoms with E-state index in [9.17, 15) is 9.59 Å². The number of nitrogens with zero attached hydrogens (tertiary/aromatic N) is 4. The minimum absolute atomic E-state index is 0.00821. The first-order chi connectivity index (χ1) is 14.1. The Balaban J connectivity index is 1.38.